The van der Waals surface area contributed by atoms with Gasteiger partial charge in [0, 0.05) is 10.6 Å². The van der Waals surface area contributed by atoms with Gasteiger partial charge in [-0.3, -0.25) is 0 Å². The number of nitrogens with zero attached hydrogens (tertiary/aromatic N) is 1. The fourth-order valence-electron chi connectivity index (χ4n) is 1.77. The number of halogens is 1. The number of rotatable bonds is 6. The molecule has 2 rings (SSSR count). The predicted molar refractivity (Wildman–Crippen MR) is 88.9 cm³/mol. The summed E-state index contributed by atoms with van der Waals surface area (Å²) in [5, 5.41) is 4.22. The molecule has 0 atom stereocenters. The molecular formula is C15H15ClN2O4S. The SMILES string of the molecule is COc1ccc(OC)c(/C=N/NS(=O)(=O)c2ccc(Cl)cc2)c1. The standard InChI is InChI=1S/C15H15ClN2O4S/c1-21-13-5-8-15(22-2)11(9-13)10-17-18-23(19,20)14-6-3-12(16)4-7-14/h3-10,18H,1-2H3/b17-10+. The van der Waals surface area contributed by atoms with Crippen LogP contribution in [0.2, 0.25) is 5.02 Å². The monoisotopic (exact) mass is 354 g/mol. The Labute approximate surface area is 139 Å². The molecule has 0 saturated carbocycles. The van der Waals surface area contributed by atoms with Gasteiger partial charge in [0.05, 0.1) is 25.3 Å². The Morgan fingerprint density at radius 2 is 1.78 bits per heavy atom. The summed E-state index contributed by atoms with van der Waals surface area (Å²) in [7, 11) is -0.716. The van der Waals surface area contributed by atoms with E-state index in [0.717, 1.165) is 0 Å². The summed E-state index contributed by atoms with van der Waals surface area (Å²) < 4.78 is 34.5. The topological polar surface area (TPSA) is 77.0 Å². The third kappa shape index (κ3) is 4.37. The van der Waals surface area contributed by atoms with Crippen LogP contribution in [0.25, 0.3) is 0 Å². The lowest BCUT2D eigenvalue weighted by molar-refractivity contribution is 0.402. The van der Waals surface area contributed by atoms with Gasteiger partial charge in [0.15, 0.2) is 0 Å². The Morgan fingerprint density at radius 1 is 1.09 bits per heavy atom. The van der Waals surface area contributed by atoms with Crippen LogP contribution in [0.3, 0.4) is 0 Å². The number of benzene rings is 2. The molecule has 0 aliphatic heterocycles. The van der Waals surface area contributed by atoms with Crippen LogP contribution in [0.4, 0.5) is 0 Å². The fourth-order valence-corrected chi connectivity index (χ4v) is 2.69. The van der Waals surface area contributed by atoms with E-state index in [2.05, 4.69) is 9.93 Å². The van der Waals surface area contributed by atoms with Gasteiger partial charge in [-0.25, -0.2) is 4.83 Å². The Balaban J connectivity index is 2.19. The molecule has 0 bridgehead atoms. The molecule has 23 heavy (non-hydrogen) atoms. The average molecular weight is 355 g/mol. The minimum Gasteiger partial charge on any atom is -0.497 e. The van der Waals surface area contributed by atoms with Crippen LogP contribution in [0, 0.1) is 0 Å². The molecule has 0 radical (unpaired) electrons. The molecule has 0 aliphatic carbocycles. The molecule has 2 aromatic rings. The lowest BCUT2D eigenvalue weighted by Gasteiger charge is -2.07. The molecule has 1 N–H and O–H groups in total. The van der Waals surface area contributed by atoms with E-state index in [0.29, 0.717) is 22.1 Å². The maximum Gasteiger partial charge on any atom is 0.276 e. The number of hydrogen-bond donors (Lipinski definition) is 1. The van der Waals surface area contributed by atoms with Crippen LogP contribution in [0.15, 0.2) is 52.5 Å². The first-order valence-corrected chi connectivity index (χ1v) is 8.35. The molecule has 122 valence electrons. The first kappa shape index (κ1) is 17.1. The molecule has 2 aromatic carbocycles. The van der Waals surface area contributed by atoms with Crippen molar-refractivity contribution >= 4 is 27.8 Å². The van der Waals surface area contributed by atoms with Crippen molar-refractivity contribution in [3.8, 4) is 11.5 Å². The van der Waals surface area contributed by atoms with Crippen LogP contribution in [-0.2, 0) is 10.0 Å². The molecule has 6 nitrogen and oxygen atoms in total. The molecule has 0 unspecified atom stereocenters. The maximum atomic E-state index is 12.1. The highest BCUT2D eigenvalue weighted by molar-refractivity contribution is 7.89. The highest BCUT2D eigenvalue weighted by Gasteiger charge is 2.12. The third-order valence-electron chi connectivity index (χ3n) is 2.94. The molecule has 0 aliphatic rings. The lowest BCUT2D eigenvalue weighted by Crippen LogP contribution is -2.18. The molecule has 0 saturated heterocycles. The summed E-state index contributed by atoms with van der Waals surface area (Å²) in [4.78, 5) is 2.20. The minimum atomic E-state index is -3.76. The number of hydrazone groups is 1. The second-order valence-corrected chi connectivity index (χ2v) is 6.51. The number of nitrogens with one attached hydrogen (secondary N) is 1. The second kappa shape index (κ2) is 7.34. The van der Waals surface area contributed by atoms with Crippen molar-refractivity contribution in [1.82, 2.24) is 4.83 Å². The van der Waals surface area contributed by atoms with Crippen LogP contribution in [-0.4, -0.2) is 28.9 Å². The Morgan fingerprint density at radius 3 is 2.39 bits per heavy atom. The number of sulfonamides is 1. The van der Waals surface area contributed by atoms with Gasteiger partial charge in [-0.15, -0.1) is 0 Å². The number of methoxy groups -OCH3 is 2. The van der Waals surface area contributed by atoms with E-state index < -0.39 is 10.0 Å². The quantitative estimate of drug-likeness (QED) is 0.639. The van der Waals surface area contributed by atoms with Gasteiger partial charge in [-0.2, -0.15) is 13.5 Å². The van der Waals surface area contributed by atoms with Crippen molar-refractivity contribution in [2.75, 3.05) is 14.2 Å². The van der Waals surface area contributed by atoms with E-state index in [1.807, 2.05) is 0 Å². The van der Waals surface area contributed by atoms with Gasteiger partial charge in [0.25, 0.3) is 10.0 Å². The molecule has 0 amide bonds. The molecule has 0 spiro atoms. The van der Waals surface area contributed by atoms with Crippen molar-refractivity contribution in [3.63, 3.8) is 0 Å². The molecule has 0 fully saturated rings. The second-order valence-electron chi connectivity index (χ2n) is 4.41. The Kier molecular flexibility index (Phi) is 5.46. The summed E-state index contributed by atoms with van der Waals surface area (Å²) in [6.45, 7) is 0. The van der Waals surface area contributed by atoms with Crippen LogP contribution >= 0.6 is 11.6 Å². The number of hydrogen-bond acceptors (Lipinski definition) is 5. The first-order valence-electron chi connectivity index (χ1n) is 6.49. The van der Waals surface area contributed by atoms with Crippen molar-refractivity contribution in [2.24, 2.45) is 5.10 Å². The highest BCUT2D eigenvalue weighted by atomic mass is 35.5. The summed E-state index contributed by atoms with van der Waals surface area (Å²) in [5.74, 6) is 1.15. The van der Waals surface area contributed by atoms with Gasteiger partial charge in [-0.1, -0.05) is 11.6 Å². The molecule has 0 aromatic heterocycles. The zero-order valence-corrected chi connectivity index (χ0v) is 14.1. The summed E-state index contributed by atoms with van der Waals surface area (Å²) >= 11 is 5.74. The Bertz CT molecular complexity index is 805. The van der Waals surface area contributed by atoms with Crippen molar-refractivity contribution < 1.29 is 17.9 Å². The zero-order chi connectivity index (χ0) is 16.9. The van der Waals surface area contributed by atoms with Gasteiger partial charge < -0.3 is 9.47 Å². The summed E-state index contributed by atoms with van der Waals surface area (Å²) in [5.41, 5.74) is 0.575. The van der Waals surface area contributed by atoms with E-state index in [-0.39, 0.29) is 4.90 Å². The fraction of sp³-hybridized carbons (Fsp3) is 0.133. The highest BCUT2D eigenvalue weighted by Crippen LogP contribution is 2.22. The van der Waals surface area contributed by atoms with E-state index in [4.69, 9.17) is 21.1 Å². The van der Waals surface area contributed by atoms with Gasteiger partial charge >= 0.3 is 0 Å². The van der Waals surface area contributed by atoms with Crippen LogP contribution in [0.5, 0.6) is 11.5 Å². The number of ether oxygens (including phenoxy) is 2. The van der Waals surface area contributed by atoms with Crippen molar-refractivity contribution in [3.05, 3.63) is 53.1 Å². The molecule has 8 heteroatoms. The normalized spacial score (nSPS) is 11.4. The van der Waals surface area contributed by atoms with Gasteiger partial charge in [0.2, 0.25) is 0 Å². The first-order chi connectivity index (χ1) is 11.0. The predicted octanol–water partition coefficient (Wildman–Crippen LogP) is 2.67. The molecular weight excluding hydrogens is 340 g/mol. The van der Waals surface area contributed by atoms with Crippen LogP contribution in [0.1, 0.15) is 5.56 Å². The Hall–Kier alpha value is -2.25. The van der Waals surface area contributed by atoms with Gasteiger partial charge in [-0.05, 0) is 42.5 Å². The minimum absolute atomic E-state index is 0.0663. The lowest BCUT2D eigenvalue weighted by atomic mass is 10.2. The van der Waals surface area contributed by atoms with Crippen molar-refractivity contribution in [2.45, 2.75) is 4.90 Å². The summed E-state index contributed by atoms with van der Waals surface area (Å²) in [6.07, 6.45) is 1.34. The molecule has 0 heterocycles. The largest absolute Gasteiger partial charge is 0.497 e. The maximum absolute atomic E-state index is 12.1. The third-order valence-corrected chi connectivity index (χ3v) is 4.43. The van der Waals surface area contributed by atoms with E-state index in [1.165, 1.54) is 44.7 Å². The van der Waals surface area contributed by atoms with E-state index >= 15 is 0 Å². The smallest absolute Gasteiger partial charge is 0.276 e. The van der Waals surface area contributed by atoms with E-state index in [9.17, 15) is 8.42 Å². The van der Waals surface area contributed by atoms with Crippen LogP contribution < -0.4 is 14.3 Å². The average Bonchev–Trinajstić information content (AvgIpc) is 2.55. The van der Waals surface area contributed by atoms with Gasteiger partial charge in [0.1, 0.15) is 11.5 Å². The summed E-state index contributed by atoms with van der Waals surface area (Å²) in [6, 6.07) is 10.9. The van der Waals surface area contributed by atoms with Crippen molar-refractivity contribution in [1.29, 1.82) is 0 Å². The van der Waals surface area contributed by atoms with E-state index in [1.54, 1.807) is 18.2 Å². The zero-order valence-electron chi connectivity index (χ0n) is 12.5.